The predicted molar refractivity (Wildman–Crippen MR) is 55.1 cm³/mol. The van der Waals surface area contributed by atoms with Gasteiger partial charge in [-0.05, 0) is 12.1 Å². The van der Waals surface area contributed by atoms with Crippen LogP contribution in [-0.2, 0) is 19.7 Å². The molecule has 0 heterocycles. The summed E-state index contributed by atoms with van der Waals surface area (Å²) >= 11 is 0. The van der Waals surface area contributed by atoms with Crippen LogP contribution in [0.4, 0.5) is 0 Å². The van der Waals surface area contributed by atoms with Crippen LogP contribution in [0.5, 0.6) is 0 Å². The van der Waals surface area contributed by atoms with E-state index in [1.165, 1.54) is 24.3 Å². The molecular formula is C9H8N2O5S. The third kappa shape index (κ3) is 3.53. The van der Waals surface area contributed by atoms with Crippen molar-refractivity contribution in [2.45, 2.75) is 4.90 Å². The molecule has 0 fully saturated rings. The summed E-state index contributed by atoms with van der Waals surface area (Å²) in [5.41, 5.74) is -0.0566. The molecular weight excluding hydrogens is 248 g/mol. The summed E-state index contributed by atoms with van der Waals surface area (Å²) in [6.45, 7) is -0.812. The largest absolute Gasteiger partial charge is 0.479 e. The van der Waals surface area contributed by atoms with E-state index >= 15 is 0 Å². The Morgan fingerprint density at radius 2 is 2.12 bits per heavy atom. The zero-order chi connectivity index (χ0) is 12.9. The molecule has 0 aliphatic carbocycles. The summed E-state index contributed by atoms with van der Waals surface area (Å²) in [5, 5.41) is 17.0. The summed E-state index contributed by atoms with van der Waals surface area (Å²) in [7, 11) is -4.06. The highest BCUT2D eigenvalue weighted by Crippen LogP contribution is 2.13. The molecule has 0 spiro atoms. The molecule has 0 aromatic heterocycles. The van der Waals surface area contributed by atoms with Gasteiger partial charge in [0.15, 0.2) is 6.61 Å². The molecule has 1 aromatic carbocycles. The molecule has 0 bridgehead atoms. The van der Waals surface area contributed by atoms with Crippen LogP contribution in [0.2, 0.25) is 0 Å². The second-order valence-electron chi connectivity index (χ2n) is 2.88. The number of sulfonamides is 1. The molecule has 1 rings (SSSR count). The van der Waals surface area contributed by atoms with Gasteiger partial charge in [0.1, 0.15) is 11.0 Å². The highest BCUT2D eigenvalue weighted by molar-refractivity contribution is 7.89. The van der Waals surface area contributed by atoms with Crippen LogP contribution in [0.3, 0.4) is 0 Å². The van der Waals surface area contributed by atoms with Crippen molar-refractivity contribution in [1.29, 1.82) is 5.26 Å². The Hall–Kier alpha value is -1.95. The fourth-order valence-corrected chi connectivity index (χ4v) is 1.97. The highest BCUT2D eigenvalue weighted by Gasteiger charge is 2.18. The van der Waals surface area contributed by atoms with Crippen molar-refractivity contribution >= 4 is 16.0 Å². The first-order chi connectivity index (χ1) is 7.97. The monoisotopic (exact) mass is 256 g/mol. The second kappa shape index (κ2) is 5.40. The van der Waals surface area contributed by atoms with Gasteiger partial charge in [-0.1, -0.05) is 17.0 Å². The predicted octanol–water partition coefficient (Wildman–Crippen LogP) is -0.147. The smallest absolute Gasteiger partial charge is 0.331 e. The molecule has 0 unspecified atom stereocenters. The first kappa shape index (κ1) is 13.1. The molecule has 1 aromatic rings. The number of rotatable bonds is 5. The zero-order valence-electron chi connectivity index (χ0n) is 8.45. The summed E-state index contributed by atoms with van der Waals surface area (Å²) in [6.07, 6.45) is 0. The lowest BCUT2D eigenvalue weighted by Gasteiger charge is -2.06. The summed E-state index contributed by atoms with van der Waals surface area (Å²) in [5.74, 6) is -1.32. The summed E-state index contributed by atoms with van der Waals surface area (Å²) < 4.78 is 23.2. The number of carboxylic acids is 1. The maximum Gasteiger partial charge on any atom is 0.331 e. The molecule has 0 saturated heterocycles. The van der Waals surface area contributed by atoms with Crippen LogP contribution in [0.1, 0.15) is 5.56 Å². The standard InChI is InChI=1S/C9H8N2O5S/c10-5-7-3-1-2-4-8(7)17(14,15)11-16-6-9(12)13/h1-4,11H,6H2,(H,12,13). The van der Waals surface area contributed by atoms with Gasteiger partial charge in [0.05, 0.1) is 5.56 Å². The molecule has 0 radical (unpaired) electrons. The maximum atomic E-state index is 11.6. The minimum Gasteiger partial charge on any atom is -0.479 e. The van der Waals surface area contributed by atoms with E-state index in [1.54, 1.807) is 11.0 Å². The van der Waals surface area contributed by atoms with Crippen LogP contribution in [0, 0.1) is 11.3 Å². The van der Waals surface area contributed by atoms with Crippen LogP contribution < -0.4 is 4.89 Å². The fraction of sp³-hybridized carbons (Fsp3) is 0.111. The van der Waals surface area contributed by atoms with Gasteiger partial charge in [0, 0.05) is 0 Å². The average Bonchev–Trinajstić information content (AvgIpc) is 2.28. The van der Waals surface area contributed by atoms with Gasteiger partial charge in [-0.25, -0.2) is 13.2 Å². The van der Waals surface area contributed by atoms with E-state index in [1.807, 2.05) is 0 Å². The number of nitrogens with zero attached hydrogens (tertiary/aromatic N) is 1. The number of hydrogen-bond acceptors (Lipinski definition) is 5. The fourth-order valence-electron chi connectivity index (χ4n) is 1.01. The number of carboxylic acid groups (broad SMARTS) is 1. The molecule has 0 amide bonds. The van der Waals surface area contributed by atoms with E-state index in [0.717, 1.165) is 0 Å². The van der Waals surface area contributed by atoms with Crippen molar-refractivity contribution in [2.24, 2.45) is 0 Å². The van der Waals surface area contributed by atoms with Gasteiger partial charge in [0.2, 0.25) is 0 Å². The molecule has 7 nitrogen and oxygen atoms in total. The maximum absolute atomic E-state index is 11.6. The Kier molecular flexibility index (Phi) is 4.17. The van der Waals surface area contributed by atoms with Crippen molar-refractivity contribution in [3.63, 3.8) is 0 Å². The van der Waals surface area contributed by atoms with E-state index in [2.05, 4.69) is 4.84 Å². The van der Waals surface area contributed by atoms with Crippen LogP contribution in [0.25, 0.3) is 0 Å². The minimum absolute atomic E-state index is 0.0566. The molecule has 17 heavy (non-hydrogen) atoms. The van der Waals surface area contributed by atoms with E-state index < -0.39 is 22.6 Å². The molecule has 8 heteroatoms. The molecule has 2 N–H and O–H groups in total. The first-order valence-electron chi connectivity index (χ1n) is 4.32. The summed E-state index contributed by atoms with van der Waals surface area (Å²) in [4.78, 5) is 15.8. The molecule has 90 valence electrons. The lowest BCUT2D eigenvalue weighted by molar-refractivity contribution is -0.143. The average molecular weight is 256 g/mol. The van der Waals surface area contributed by atoms with Gasteiger partial charge in [-0.15, -0.1) is 0 Å². The Morgan fingerprint density at radius 3 is 2.71 bits per heavy atom. The topological polar surface area (TPSA) is 116 Å². The third-order valence-electron chi connectivity index (χ3n) is 1.66. The third-order valence-corrected chi connectivity index (χ3v) is 2.93. The van der Waals surface area contributed by atoms with Crippen LogP contribution in [-0.4, -0.2) is 26.1 Å². The van der Waals surface area contributed by atoms with Crippen molar-refractivity contribution in [1.82, 2.24) is 4.89 Å². The van der Waals surface area contributed by atoms with Gasteiger partial charge >= 0.3 is 5.97 Å². The number of hydrogen-bond donors (Lipinski definition) is 2. The molecule has 0 aliphatic heterocycles. The number of benzene rings is 1. The normalized spacial score (nSPS) is 10.8. The second-order valence-corrected chi connectivity index (χ2v) is 4.49. The van der Waals surface area contributed by atoms with E-state index in [4.69, 9.17) is 10.4 Å². The first-order valence-corrected chi connectivity index (χ1v) is 5.80. The molecule has 0 saturated carbocycles. The lowest BCUT2D eigenvalue weighted by atomic mass is 10.2. The molecule has 0 aliphatic rings. The van der Waals surface area contributed by atoms with Crippen molar-refractivity contribution in [2.75, 3.05) is 6.61 Å². The van der Waals surface area contributed by atoms with Gasteiger partial charge < -0.3 is 5.11 Å². The van der Waals surface area contributed by atoms with E-state index in [9.17, 15) is 13.2 Å². The Bertz CT molecular complexity index is 561. The lowest BCUT2D eigenvalue weighted by Crippen LogP contribution is -2.27. The number of carbonyl (C=O) groups is 1. The number of nitriles is 1. The van der Waals surface area contributed by atoms with Gasteiger partial charge in [-0.2, -0.15) is 5.26 Å². The molecule has 0 atom stereocenters. The van der Waals surface area contributed by atoms with Crippen LogP contribution in [0.15, 0.2) is 29.2 Å². The van der Waals surface area contributed by atoms with Crippen LogP contribution >= 0.6 is 0 Å². The minimum atomic E-state index is -4.06. The van der Waals surface area contributed by atoms with Crippen molar-refractivity contribution in [3.05, 3.63) is 29.8 Å². The van der Waals surface area contributed by atoms with Crippen molar-refractivity contribution in [3.8, 4) is 6.07 Å². The SMILES string of the molecule is N#Cc1ccccc1S(=O)(=O)NOCC(=O)O. The van der Waals surface area contributed by atoms with Gasteiger partial charge in [-0.3, -0.25) is 4.84 Å². The highest BCUT2D eigenvalue weighted by atomic mass is 32.2. The Labute approximate surface area is 97.3 Å². The zero-order valence-corrected chi connectivity index (χ0v) is 9.27. The number of nitrogens with one attached hydrogen (secondary N) is 1. The summed E-state index contributed by atoms with van der Waals surface area (Å²) in [6, 6.07) is 7.19. The van der Waals surface area contributed by atoms with E-state index in [-0.39, 0.29) is 10.5 Å². The quantitative estimate of drug-likeness (QED) is 0.708. The Morgan fingerprint density at radius 1 is 1.47 bits per heavy atom. The Balaban J connectivity index is 2.91. The number of aliphatic carboxylic acids is 1. The van der Waals surface area contributed by atoms with E-state index in [0.29, 0.717) is 0 Å². The van der Waals surface area contributed by atoms with Crippen molar-refractivity contribution < 1.29 is 23.2 Å². The van der Waals surface area contributed by atoms with Gasteiger partial charge in [0.25, 0.3) is 10.0 Å².